The highest BCUT2D eigenvalue weighted by molar-refractivity contribution is 6.13. The van der Waals surface area contributed by atoms with E-state index < -0.39 is 11.0 Å². The number of carbonyl (C=O) groups excluding carboxylic acids is 1. The molecule has 0 saturated heterocycles. The SMILES string of the molecule is NC(=N[N+](=O)[O-])NN=CC=O. The van der Waals surface area contributed by atoms with Gasteiger partial charge in [0.15, 0.2) is 11.3 Å². The third-order valence-corrected chi connectivity index (χ3v) is 0.504. The van der Waals surface area contributed by atoms with Gasteiger partial charge in [0.25, 0.3) is 5.96 Å². The standard InChI is InChI=1S/C3H5N5O3/c4-3(7-8(10)11)6-5-1-2-9/h1-2H,(H3,4,6,7). The maximum atomic E-state index is 9.62. The van der Waals surface area contributed by atoms with E-state index in [4.69, 9.17) is 5.73 Å². The van der Waals surface area contributed by atoms with Crippen molar-refractivity contribution in [3.05, 3.63) is 10.1 Å². The van der Waals surface area contributed by atoms with Gasteiger partial charge in [0.05, 0.1) is 6.21 Å². The van der Waals surface area contributed by atoms with Crippen molar-refractivity contribution in [1.29, 1.82) is 0 Å². The molecule has 60 valence electrons. The van der Waals surface area contributed by atoms with Crippen LogP contribution in [0.15, 0.2) is 10.2 Å². The Bertz CT molecular complexity index is 209. The van der Waals surface area contributed by atoms with Gasteiger partial charge in [-0.3, -0.25) is 4.79 Å². The molecular weight excluding hydrogens is 154 g/mol. The quantitative estimate of drug-likeness (QED) is 0.166. The van der Waals surface area contributed by atoms with Gasteiger partial charge in [-0.25, -0.2) is 15.5 Å². The van der Waals surface area contributed by atoms with Crippen molar-refractivity contribution < 1.29 is 9.83 Å². The minimum atomic E-state index is -0.987. The molecule has 0 aromatic rings. The van der Waals surface area contributed by atoms with Gasteiger partial charge in [0.2, 0.25) is 0 Å². The molecule has 0 saturated carbocycles. The number of rotatable bonds is 3. The monoisotopic (exact) mass is 159 g/mol. The Balaban J connectivity index is 3.86. The Labute approximate surface area is 60.9 Å². The zero-order chi connectivity index (χ0) is 8.69. The number of aldehydes is 1. The van der Waals surface area contributed by atoms with Gasteiger partial charge in [-0.2, -0.15) is 5.10 Å². The molecule has 0 spiro atoms. The molecular formula is C3H5N5O3. The molecule has 3 N–H and O–H groups in total. The fourth-order valence-corrected chi connectivity index (χ4v) is 0.244. The van der Waals surface area contributed by atoms with E-state index in [1.54, 1.807) is 0 Å². The van der Waals surface area contributed by atoms with Crippen LogP contribution in [-0.2, 0) is 4.79 Å². The van der Waals surface area contributed by atoms with E-state index >= 15 is 0 Å². The second-order valence-electron chi connectivity index (χ2n) is 1.25. The maximum Gasteiger partial charge on any atom is 0.286 e. The van der Waals surface area contributed by atoms with Crippen molar-refractivity contribution in [2.45, 2.75) is 0 Å². The molecule has 11 heavy (non-hydrogen) atoms. The average Bonchev–Trinajstić information content (AvgIpc) is 1.86. The van der Waals surface area contributed by atoms with E-state index in [9.17, 15) is 14.9 Å². The van der Waals surface area contributed by atoms with Gasteiger partial charge in [-0.15, -0.1) is 0 Å². The zero-order valence-corrected chi connectivity index (χ0v) is 5.30. The highest BCUT2D eigenvalue weighted by Gasteiger charge is 1.94. The summed E-state index contributed by atoms with van der Waals surface area (Å²) in [6.45, 7) is 0. The number of hydrogen-bond donors (Lipinski definition) is 2. The normalized spacial score (nSPS) is 11.5. The van der Waals surface area contributed by atoms with Gasteiger partial charge >= 0.3 is 0 Å². The first-order valence-electron chi connectivity index (χ1n) is 2.38. The summed E-state index contributed by atoms with van der Waals surface area (Å²) >= 11 is 0. The van der Waals surface area contributed by atoms with Crippen molar-refractivity contribution in [2.75, 3.05) is 0 Å². The highest BCUT2D eigenvalue weighted by Crippen LogP contribution is 1.67. The lowest BCUT2D eigenvalue weighted by atomic mass is 10.9. The molecule has 0 aliphatic heterocycles. The lowest BCUT2D eigenvalue weighted by molar-refractivity contribution is -0.485. The summed E-state index contributed by atoms with van der Waals surface area (Å²) in [6, 6.07) is 0. The second-order valence-corrected chi connectivity index (χ2v) is 1.25. The van der Waals surface area contributed by atoms with Gasteiger partial charge in [-0.05, 0) is 0 Å². The summed E-state index contributed by atoms with van der Waals surface area (Å²) in [6.07, 6.45) is 1.22. The first kappa shape index (κ1) is 9.01. The van der Waals surface area contributed by atoms with Crippen LogP contribution >= 0.6 is 0 Å². The molecule has 8 heteroatoms. The molecule has 0 atom stereocenters. The largest absolute Gasteiger partial charge is 0.363 e. The van der Waals surface area contributed by atoms with Crippen molar-refractivity contribution in [3.63, 3.8) is 0 Å². The predicted molar refractivity (Wildman–Crippen MR) is 36.3 cm³/mol. The van der Waals surface area contributed by atoms with E-state index in [1.807, 2.05) is 5.43 Å². The minimum Gasteiger partial charge on any atom is -0.363 e. The van der Waals surface area contributed by atoms with Gasteiger partial charge in [0.1, 0.15) is 5.10 Å². The number of hydrazone groups is 2. The predicted octanol–water partition coefficient (Wildman–Crippen LogP) is -1.73. The molecule has 0 amide bonds. The molecule has 0 radical (unpaired) electrons. The van der Waals surface area contributed by atoms with Crippen molar-refractivity contribution in [1.82, 2.24) is 5.43 Å². The van der Waals surface area contributed by atoms with Crippen molar-refractivity contribution >= 4 is 18.5 Å². The van der Waals surface area contributed by atoms with Gasteiger partial charge < -0.3 is 5.73 Å². The van der Waals surface area contributed by atoms with E-state index in [2.05, 4.69) is 10.2 Å². The number of carbonyl (C=O) groups is 1. The summed E-state index contributed by atoms with van der Waals surface area (Å²) in [5, 5.41) is 14.4. The Kier molecular flexibility index (Phi) is 3.97. The van der Waals surface area contributed by atoms with E-state index in [0.29, 0.717) is 6.29 Å². The van der Waals surface area contributed by atoms with E-state index in [-0.39, 0.29) is 0 Å². The van der Waals surface area contributed by atoms with Gasteiger partial charge in [-0.1, -0.05) is 0 Å². The lowest BCUT2D eigenvalue weighted by Gasteiger charge is -1.89. The molecule has 0 rings (SSSR count). The maximum absolute atomic E-state index is 9.62. The van der Waals surface area contributed by atoms with Crippen LogP contribution in [0, 0.1) is 10.1 Å². The zero-order valence-electron chi connectivity index (χ0n) is 5.30. The first-order chi connectivity index (χ1) is 5.16. The number of nitrogens with two attached hydrogens (primary N) is 1. The first-order valence-corrected chi connectivity index (χ1v) is 2.38. The topological polar surface area (TPSA) is 123 Å². The fourth-order valence-electron chi connectivity index (χ4n) is 0.244. The molecule has 0 fully saturated rings. The number of hydrogen-bond acceptors (Lipinski definition) is 4. The summed E-state index contributed by atoms with van der Waals surface area (Å²) in [4.78, 5) is 19.2. The number of guanidine groups is 1. The van der Waals surface area contributed by atoms with Gasteiger partial charge in [0, 0.05) is 0 Å². The summed E-state index contributed by atoms with van der Waals surface area (Å²) in [5.41, 5.74) is 6.82. The molecule has 8 nitrogen and oxygen atoms in total. The Morgan fingerprint density at radius 1 is 1.73 bits per heavy atom. The van der Waals surface area contributed by atoms with Crippen LogP contribution < -0.4 is 11.2 Å². The Hall–Kier alpha value is -1.99. The van der Waals surface area contributed by atoms with Crippen LogP contribution in [-0.4, -0.2) is 23.5 Å². The molecule has 0 heterocycles. The summed E-state index contributed by atoms with van der Waals surface area (Å²) in [5.74, 6) is -0.492. The Morgan fingerprint density at radius 3 is 2.82 bits per heavy atom. The second kappa shape index (κ2) is 4.85. The highest BCUT2D eigenvalue weighted by atomic mass is 16.7. The molecule has 0 aliphatic carbocycles. The minimum absolute atomic E-state index is 0.381. The molecule has 0 aromatic heterocycles. The van der Waals surface area contributed by atoms with Crippen LogP contribution in [0.25, 0.3) is 0 Å². The van der Waals surface area contributed by atoms with Crippen LogP contribution in [0.4, 0.5) is 0 Å². The van der Waals surface area contributed by atoms with Crippen molar-refractivity contribution in [3.8, 4) is 0 Å². The van der Waals surface area contributed by atoms with Crippen molar-refractivity contribution in [2.24, 2.45) is 15.9 Å². The molecule has 0 aliphatic rings. The average molecular weight is 159 g/mol. The number of nitrogens with one attached hydrogen (secondary N) is 1. The van der Waals surface area contributed by atoms with Crippen LogP contribution in [0.3, 0.4) is 0 Å². The molecule has 0 aromatic carbocycles. The lowest BCUT2D eigenvalue weighted by Crippen LogP contribution is -2.28. The smallest absolute Gasteiger partial charge is 0.286 e. The third kappa shape index (κ3) is 5.89. The van der Waals surface area contributed by atoms with Crippen LogP contribution in [0.5, 0.6) is 0 Å². The molecule has 0 unspecified atom stereocenters. The van der Waals surface area contributed by atoms with E-state index in [1.165, 1.54) is 0 Å². The summed E-state index contributed by atoms with van der Waals surface area (Å²) < 4.78 is 0. The Morgan fingerprint density at radius 2 is 2.36 bits per heavy atom. The summed E-state index contributed by atoms with van der Waals surface area (Å²) in [7, 11) is 0. The molecule has 0 bridgehead atoms. The number of nitrogens with zero attached hydrogens (tertiary/aromatic N) is 3. The van der Waals surface area contributed by atoms with Crippen LogP contribution in [0.1, 0.15) is 0 Å². The number of nitro groups is 1. The van der Waals surface area contributed by atoms with E-state index in [0.717, 1.165) is 6.21 Å². The van der Waals surface area contributed by atoms with Crippen LogP contribution in [0.2, 0.25) is 0 Å². The third-order valence-electron chi connectivity index (χ3n) is 0.504. The fraction of sp³-hybridized carbons (Fsp3) is 0.